The molecular formula is C18H31BrIN7O. The second-order valence-electron chi connectivity index (χ2n) is 7.18. The van der Waals surface area contributed by atoms with Gasteiger partial charge in [0.05, 0.1) is 17.8 Å². The zero-order valence-electron chi connectivity index (χ0n) is 17.1. The molecule has 1 unspecified atom stereocenters. The van der Waals surface area contributed by atoms with Crippen LogP contribution in [0.2, 0.25) is 0 Å². The molecule has 0 amide bonds. The molecular weight excluding hydrogens is 537 g/mol. The van der Waals surface area contributed by atoms with E-state index in [0.717, 1.165) is 49.2 Å². The van der Waals surface area contributed by atoms with Crippen LogP contribution >= 0.6 is 39.9 Å². The van der Waals surface area contributed by atoms with Crippen molar-refractivity contribution in [3.05, 3.63) is 10.7 Å². The third-order valence-electron chi connectivity index (χ3n) is 5.34. The fourth-order valence-electron chi connectivity index (χ4n) is 3.31. The number of guanidine groups is 1. The molecule has 0 aromatic carbocycles. The minimum absolute atomic E-state index is 0. The third-order valence-corrected chi connectivity index (χ3v) is 5.88. The number of ether oxygens (including phenoxy) is 1. The average Bonchev–Trinajstić information content (AvgIpc) is 3.54. The number of hydrogen-bond acceptors (Lipinski definition) is 6. The number of rotatable bonds is 6. The minimum atomic E-state index is 0. The minimum Gasteiger partial charge on any atom is -0.480 e. The lowest BCUT2D eigenvalue weighted by atomic mass is 10.3. The Morgan fingerprint density at radius 3 is 2.64 bits per heavy atom. The van der Waals surface area contributed by atoms with Gasteiger partial charge in [0.2, 0.25) is 11.8 Å². The van der Waals surface area contributed by atoms with E-state index in [4.69, 9.17) is 4.74 Å². The lowest BCUT2D eigenvalue weighted by Crippen LogP contribution is -2.54. The van der Waals surface area contributed by atoms with Gasteiger partial charge in [-0.15, -0.1) is 24.0 Å². The maximum Gasteiger partial charge on any atom is 0.232 e. The first-order valence-electron chi connectivity index (χ1n) is 9.52. The van der Waals surface area contributed by atoms with E-state index in [0.29, 0.717) is 17.9 Å². The summed E-state index contributed by atoms with van der Waals surface area (Å²) in [4.78, 5) is 20.3. The Kier molecular flexibility index (Phi) is 9.00. The highest BCUT2D eigenvalue weighted by atomic mass is 127. The topological polar surface area (TPSA) is 69.1 Å². The zero-order chi connectivity index (χ0) is 19.4. The van der Waals surface area contributed by atoms with Crippen LogP contribution in [0.1, 0.15) is 19.8 Å². The summed E-state index contributed by atoms with van der Waals surface area (Å²) in [6.45, 7) is 6.65. The molecule has 0 radical (unpaired) electrons. The van der Waals surface area contributed by atoms with Crippen LogP contribution in [0.5, 0.6) is 5.88 Å². The number of nitrogens with one attached hydrogen (secondary N) is 1. The van der Waals surface area contributed by atoms with Gasteiger partial charge in [-0.2, -0.15) is 4.98 Å². The number of hydrogen-bond donors (Lipinski definition) is 1. The largest absolute Gasteiger partial charge is 0.480 e. The summed E-state index contributed by atoms with van der Waals surface area (Å²) < 4.78 is 6.05. The first-order valence-corrected chi connectivity index (χ1v) is 10.3. The Hall–Kier alpha value is -0.880. The van der Waals surface area contributed by atoms with Crippen molar-refractivity contribution >= 4 is 51.8 Å². The molecule has 158 valence electrons. The first-order chi connectivity index (χ1) is 13.0. The van der Waals surface area contributed by atoms with E-state index in [2.05, 4.69) is 64.9 Å². The van der Waals surface area contributed by atoms with E-state index in [9.17, 15) is 0 Å². The normalized spacial score (nSPS) is 18.7. The standard InChI is InChI=1S/C18H30BrN7O.HI/c1-13(24(3)14-5-6-14)11-21-17(20-2)25-7-9-26(10-8-25)18-22-12-15(19)16(23-18)27-4;/h12-14H,5-11H2,1-4H3,(H,20,21);1H. The molecule has 8 nitrogen and oxygen atoms in total. The number of methoxy groups -OCH3 is 1. The summed E-state index contributed by atoms with van der Waals surface area (Å²) >= 11 is 3.40. The Balaban J connectivity index is 0.00000280. The maximum absolute atomic E-state index is 5.28. The van der Waals surface area contributed by atoms with Gasteiger partial charge in [0, 0.05) is 51.9 Å². The van der Waals surface area contributed by atoms with Crippen molar-refractivity contribution in [1.29, 1.82) is 0 Å². The molecule has 1 aliphatic heterocycles. The van der Waals surface area contributed by atoms with Gasteiger partial charge >= 0.3 is 0 Å². The molecule has 1 saturated heterocycles. The first kappa shape index (κ1) is 23.4. The predicted molar refractivity (Wildman–Crippen MR) is 127 cm³/mol. The van der Waals surface area contributed by atoms with E-state index >= 15 is 0 Å². The number of nitrogens with zero attached hydrogens (tertiary/aromatic N) is 6. The van der Waals surface area contributed by atoms with Crippen LogP contribution in [0, 0.1) is 0 Å². The molecule has 1 atom stereocenters. The number of halogens is 2. The van der Waals surface area contributed by atoms with Crippen LogP contribution in [-0.2, 0) is 0 Å². The fraction of sp³-hybridized carbons (Fsp3) is 0.722. The monoisotopic (exact) mass is 567 g/mol. The highest BCUT2D eigenvalue weighted by Crippen LogP contribution is 2.27. The Bertz CT molecular complexity index is 665. The number of aliphatic imine (C=N–C) groups is 1. The van der Waals surface area contributed by atoms with Crippen LogP contribution in [-0.4, -0.2) is 91.7 Å². The molecule has 2 fully saturated rings. The van der Waals surface area contributed by atoms with Crippen molar-refractivity contribution in [1.82, 2.24) is 25.1 Å². The summed E-state index contributed by atoms with van der Waals surface area (Å²) in [6.07, 6.45) is 4.41. The quantitative estimate of drug-likeness (QED) is 0.320. The van der Waals surface area contributed by atoms with Gasteiger partial charge in [0.1, 0.15) is 0 Å². The van der Waals surface area contributed by atoms with Crippen molar-refractivity contribution < 1.29 is 4.74 Å². The molecule has 0 bridgehead atoms. The molecule has 1 aliphatic carbocycles. The SMILES string of the molecule is CN=C(NCC(C)N(C)C1CC1)N1CCN(c2ncc(Br)c(OC)n2)CC1.I. The molecule has 10 heteroatoms. The lowest BCUT2D eigenvalue weighted by molar-refractivity contribution is 0.245. The van der Waals surface area contributed by atoms with Crippen LogP contribution in [0.4, 0.5) is 5.95 Å². The summed E-state index contributed by atoms with van der Waals surface area (Å²) in [6, 6.07) is 1.27. The van der Waals surface area contributed by atoms with Crippen LogP contribution in [0.15, 0.2) is 15.7 Å². The summed E-state index contributed by atoms with van der Waals surface area (Å²) in [5, 5.41) is 3.54. The van der Waals surface area contributed by atoms with Gasteiger partial charge in [-0.25, -0.2) is 4.98 Å². The van der Waals surface area contributed by atoms with Gasteiger partial charge in [-0.3, -0.25) is 9.89 Å². The van der Waals surface area contributed by atoms with Crippen molar-refractivity contribution in [3.63, 3.8) is 0 Å². The number of aromatic nitrogens is 2. The molecule has 1 aromatic heterocycles. The van der Waals surface area contributed by atoms with E-state index in [1.54, 1.807) is 13.3 Å². The molecule has 1 saturated carbocycles. The molecule has 28 heavy (non-hydrogen) atoms. The third kappa shape index (κ3) is 5.82. The van der Waals surface area contributed by atoms with Gasteiger partial charge in [0.25, 0.3) is 0 Å². The van der Waals surface area contributed by atoms with Crippen LogP contribution in [0.25, 0.3) is 0 Å². The van der Waals surface area contributed by atoms with E-state index in [-0.39, 0.29) is 24.0 Å². The van der Waals surface area contributed by atoms with Crippen molar-refractivity contribution in [2.24, 2.45) is 4.99 Å². The molecule has 2 heterocycles. The van der Waals surface area contributed by atoms with Crippen molar-refractivity contribution in [2.75, 3.05) is 58.8 Å². The lowest BCUT2D eigenvalue weighted by Gasteiger charge is -2.37. The molecule has 1 N–H and O–H groups in total. The van der Waals surface area contributed by atoms with Crippen molar-refractivity contribution in [2.45, 2.75) is 31.8 Å². The Morgan fingerprint density at radius 1 is 1.39 bits per heavy atom. The van der Waals surface area contributed by atoms with E-state index in [1.165, 1.54) is 12.8 Å². The molecule has 1 aromatic rings. The summed E-state index contributed by atoms with van der Waals surface area (Å²) in [5.41, 5.74) is 0. The zero-order valence-corrected chi connectivity index (χ0v) is 21.0. The van der Waals surface area contributed by atoms with Gasteiger partial charge < -0.3 is 19.9 Å². The second kappa shape index (κ2) is 10.8. The Labute approximate surface area is 193 Å². The second-order valence-corrected chi connectivity index (χ2v) is 8.03. The highest BCUT2D eigenvalue weighted by Gasteiger charge is 2.29. The van der Waals surface area contributed by atoms with Crippen LogP contribution < -0.4 is 15.0 Å². The molecule has 2 aliphatic rings. The maximum atomic E-state index is 5.28. The fourth-order valence-corrected chi connectivity index (χ4v) is 3.67. The average molecular weight is 568 g/mol. The van der Waals surface area contributed by atoms with Gasteiger partial charge in [-0.05, 0) is 42.7 Å². The number of likely N-dealkylation sites (N-methyl/N-ethyl adjacent to an activating group) is 1. The van der Waals surface area contributed by atoms with Crippen LogP contribution in [0.3, 0.4) is 0 Å². The molecule has 3 rings (SSSR count). The van der Waals surface area contributed by atoms with Crippen molar-refractivity contribution in [3.8, 4) is 5.88 Å². The summed E-state index contributed by atoms with van der Waals surface area (Å²) in [5.74, 6) is 2.24. The van der Waals surface area contributed by atoms with E-state index < -0.39 is 0 Å². The predicted octanol–water partition coefficient (Wildman–Crippen LogP) is 2.05. The van der Waals surface area contributed by atoms with Gasteiger partial charge in [0.15, 0.2) is 5.96 Å². The number of anilines is 1. The molecule has 0 spiro atoms. The number of piperazine rings is 1. The smallest absolute Gasteiger partial charge is 0.232 e. The summed E-state index contributed by atoms with van der Waals surface area (Å²) in [7, 11) is 5.69. The van der Waals surface area contributed by atoms with E-state index in [1.807, 2.05) is 7.05 Å². The Morgan fingerprint density at radius 2 is 2.07 bits per heavy atom. The van der Waals surface area contributed by atoms with Gasteiger partial charge in [-0.1, -0.05) is 0 Å². The highest BCUT2D eigenvalue weighted by molar-refractivity contribution is 14.0.